The lowest BCUT2D eigenvalue weighted by atomic mass is 9.89. The normalized spacial score (nSPS) is 29.6. The molecule has 1 aliphatic heterocycles. The molecule has 4 nitrogen and oxygen atoms in total. The van der Waals surface area contributed by atoms with E-state index in [-0.39, 0.29) is 5.91 Å². The molecule has 4 heteroatoms. The van der Waals surface area contributed by atoms with Crippen molar-refractivity contribution in [3.8, 4) is 0 Å². The van der Waals surface area contributed by atoms with Crippen molar-refractivity contribution in [1.29, 1.82) is 0 Å². The van der Waals surface area contributed by atoms with Crippen LogP contribution in [-0.4, -0.2) is 5.91 Å². The van der Waals surface area contributed by atoms with Crippen LogP contribution in [0.2, 0.25) is 0 Å². The zero-order valence-corrected chi connectivity index (χ0v) is 6.28. The highest BCUT2D eigenvalue weighted by Gasteiger charge is 2.43. The summed E-state index contributed by atoms with van der Waals surface area (Å²) in [5, 5.41) is 0. The summed E-state index contributed by atoms with van der Waals surface area (Å²) in [4.78, 5) is 11.4. The minimum Gasteiger partial charge on any atom is -0.468 e. The number of ether oxygens (including phenoxy) is 1. The van der Waals surface area contributed by atoms with E-state index in [1.807, 2.05) is 0 Å². The number of nitrogens with two attached hydrogens (primary N) is 1. The predicted octanol–water partition coefficient (Wildman–Crippen LogP) is -0.0397. The molecule has 0 bridgehead atoms. The van der Waals surface area contributed by atoms with E-state index in [1.165, 1.54) is 6.26 Å². The van der Waals surface area contributed by atoms with Gasteiger partial charge in [-0.2, -0.15) is 0 Å². The zero-order chi connectivity index (χ0) is 8.60. The summed E-state index contributed by atoms with van der Waals surface area (Å²) in [6.07, 6.45) is 8.42. The summed E-state index contributed by atoms with van der Waals surface area (Å²) in [6.45, 7) is 0. The van der Waals surface area contributed by atoms with Crippen molar-refractivity contribution in [3.63, 3.8) is 0 Å². The summed E-state index contributed by atoms with van der Waals surface area (Å²) in [5.41, 5.74) is 1.32. The van der Waals surface area contributed by atoms with E-state index in [0.29, 0.717) is 5.76 Å². The molecule has 62 valence electrons. The van der Waals surface area contributed by atoms with Crippen LogP contribution in [-0.2, 0) is 9.53 Å². The minimum atomic E-state index is -0.783. The van der Waals surface area contributed by atoms with E-state index in [1.54, 1.807) is 24.3 Å². The molecule has 1 unspecified atom stereocenters. The van der Waals surface area contributed by atoms with E-state index in [9.17, 15) is 4.79 Å². The quantitative estimate of drug-likeness (QED) is 0.324. The highest BCUT2D eigenvalue weighted by Crippen LogP contribution is 2.40. The molecule has 1 amide bonds. The number of allylic oxidation sites excluding steroid dienone is 2. The summed E-state index contributed by atoms with van der Waals surface area (Å²) in [5.74, 6) is 5.37. The molecule has 0 fully saturated rings. The number of amides is 1. The van der Waals surface area contributed by atoms with Crippen molar-refractivity contribution in [1.82, 2.24) is 5.43 Å². The summed E-state index contributed by atoms with van der Waals surface area (Å²) < 4.78 is 5.10. The molecular formula is C8H8N2O2. The van der Waals surface area contributed by atoms with Gasteiger partial charge < -0.3 is 4.74 Å². The van der Waals surface area contributed by atoms with E-state index >= 15 is 0 Å². The van der Waals surface area contributed by atoms with Crippen LogP contribution < -0.4 is 11.3 Å². The van der Waals surface area contributed by atoms with Gasteiger partial charge in [0.1, 0.15) is 11.2 Å². The molecule has 0 radical (unpaired) electrons. The Bertz CT molecular complexity index is 317. The maximum Gasteiger partial charge on any atom is 0.255 e. The number of hydrogen-bond donors (Lipinski definition) is 2. The van der Waals surface area contributed by atoms with E-state index < -0.39 is 5.41 Å². The van der Waals surface area contributed by atoms with Gasteiger partial charge >= 0.3 is 0 Å². The fourth-order valence-corrected chi connectivity index (χ4v) is 1.38. The average Bonchev–Trinajstić information content (AvgIpc) is 2.60. The Hall–Kier alpha value is -1.55. The molecule has 12 heavy (non-hydrogen) atoms. The molecule has 1 atom stereocenters. The van der Waals surface area contributed by atoms with Crippen molar-refractivity contribution in [2.45, 2.75) is 0 Å². The molecule has 1 heterocycles. The third kappa shape index (κ3) is 0.670. The monoisotopic (exact) mass is 164 g/mol. The van der Waals surface area contributed by atoms with E-state index in [2.05, 4.69) is 5.43 Å². The standard InChI is InChI=1S/C8H8N2O2/c9-10-7(11)8-3-1-2-6(8)12-5-4-8/h1-5H,9H2,(H,10,11). The largest absolute Gasteiger partial charge is 0.468 e. The van der Waals surface area contributed by atoms with Crippen molar-refractivity contribution in [2.24, 2.45) is 11.3 Å². The lowest BCUT2D eigenvalue weighted by molar-refractivity contribution is -0.125. The highest BCUT2D eigenvalue weighted by atomic mass is 16.5. The molecular weight excluding hydrogens is 156 g/mol. The Morgan fingerprint density at radius 1 is 1.58 bits per heavy atom. The molecule has 0 aromatic carbocycles. The fourth-order valence-electron chi connectivity index (χ4n) is 1.38. The second-order valence-electron chi connectivity index (χ2n) is 2.65. The molecule has 0 spiro atoms. The number of rotatable bonds is 1. The van der Waals surface area contributed by atoms with Gasteiger partial charge in [0.15, 0.2) is 0 Å². The Balaban J connectivity index is 2.42. The van der Waals surface area contributed by atoms with Crippen molar-refractivity contribution < 1.29 is 9.53 Å². The van der Waals surface area contributed by atoms with Crippen molar-refractivity contribution in [2.75, 3.05) is 0 Å². The van der Waals surface area contributed by atoms with Crippen LogP contribution in [0.3, 0.4) is 0 Å². The van der Waals surface area contributed by atoms with Crippen molar-refractivity contribution >= 4 is 5.91 Å². The average molecular weight is 164 g/mol. The number of carbonyl (C=O) groups is 1. The molecule has 3 N–H and O–H groups in total. The molecule has 0 aromatic rings. The Labute approximate surface area is 69.3 Å². The lowest BCUT2D eigenvalue weighted by Crippen LogP contribution is -2.41. The predicted molar refractivity (Wildman–Crippen MR) is 42.2 cm³/mol. The van der Waals surface area contributed by atoms with Crippen LogP contribution in [0.15, 0.2) is 36.3 Å². The summed E-state index contributed by atoms with van der Waals surface area (Å²) in [7, 11) is 0. The minimum absolute atomic E-state index is 0.281. The first-order valence-electron chi connectivity index (χ1n) is 3.55. The first-order chi connectivity index (χ1) is 5.79. The Morgan fingerprint density at radius 2 is 2.42 bits per heavy atom. The highest BCUT2D eigenvalue weighted by molar-refractivity contribution is 5.91. The zero-order valence-electron chi connectivity index (χ0n) is 6.28. The summed E-state index contributed by atoms with van der Waals surface area (Å²) >= 11 is 0. The van der Waals surface area contributed by atoms with Crippen molar-refractivity contribution in [3.05, 3.63) is 36.3 Å². The molecule has 1 aliphatic carbocycles. The summed E-state index contributed by atoms with van der Waals surface area (Å²) in [6, 6.07) is 0. The first-order valence-corrected chi connectivity index (χ1v) is 3.55. The van der Waals surface area contributed by atoms with Crippen LogP contribution in [0.1, 0.15) is 0 Å². The molecule has 0 saturated carbocycles. The third-order valence-electron chi connectivity index (χ3n) is 2.05. The lowest BCUT2D eigenvalue weighted by Gasteiger charge is -2.17. The first kappa shape index (κ1) is 7.12. The van der Waals surface area contributed by atoms with Crippen LogP contribution in [0.5, 0.6) is 0 Å². The van der Waals surface area contributed by atoms with Gasteiger partial charge in [0.2, 0.25) is 0 Å². The number of nitrogens with one attached hydrogen (secondary N) is 1. The van der Waals surface area contributed by atoms with Gasteiger partial charge in [-0.3, -0.25) is 10.2 Å². The Morgan fingerprint density at radius 3 is 3.17 bits per heavy atom. The fraction of sp³-hybridized carbons (Fsp3) is 0.125. The van der Waals surface area contributed by atoms with Gasteiger partial charge in [-0.15, -0.1) is 0 Å². The van der Waals surface area contributed by atoms with Gasteiger partial charge in [-0.1, -0.05) is 12.2 Å². The maximum absolute atomic E-state index is 11.4. The maximum atomic E-state index is 11.4. The van der Waals surface area contributed by atoms with Gasteiger partial charge in [0, 0.05) is 0 Å². The topological polar surface area (TPSA) is 64.3 Å². The number of fused-ring (bicyclic) bond motifs is 1. The number of hydrazine groups is 1. The SMILES string of the molecule is NNC(=O)C12C=CC=C1OC=C2. The van der Waals surface area contributed by atoms with Gasteiger partial charge in [0.05, 0.1) is 6.26 Å². The molecule has 2 rings (SSSR count). The number of hydrogen-bond acceptors (Lipinski definition) is 3. The third-order valence-corrected chi connectivity index (χ3v) is 2.05. The van der Waals surface area contributed by atoms with E-state index in [0.717, 1.165) is 0 Å². The smallest absolute Gasteiger partial charge is 0.255 e. The van der Waals surface area contributed by atoms with E-state index in [4.69, 9.17) is 10.6 Å². The van der Waals surface area contributed by atoms with Crippen LogP contribution in [0.25, 0.3) is 0 Å². The second kappa shape index (κ2) is 2.22. The van der Waals surface area contributed by atoms with Gasteiger partial charge in [0.25, 0.3) is 5.91 Å². The number of carbonyl (C=O) groups excluding carboxylic acids is 1. The van der Waals surface area contributed by atoms with Crippen LogP contribution in [0, 0.1) is 5.41 Å². The molecule has 0 saturated heterocycles. The van der Waals surface area contributed by atoms with Gasteiger partial charge in [-0.05, 0) is 12.2 Å². The molecule has 2 aliphatic rings. The molecule has 0 aromatic heterocycles. The van der Waals surface area contributed by atoms with Crippen LogP contribution >= 0.6 is 0 Å². The Kier molecular flexibility index (Phi) is 1.31. The van der Waals surface area contributed by atoms with Gasteiger partial charge in [-0.25, -0.2) is 5.84 Å². The van der Waals surface area contributed by atoms with Crippen LogP contribution in [0.4, 0.5) is 0 Å². The second-order valence-corrected chi connectivity index (χ2v) is 2.65.